The highest BCUT2D eigenvalue weighted by Gasteiger charge is 2.30. The lowest BCUT2D eigenvalue weighted by Crippen LogP contribution is -2.24. The van der Waals surface area contributed by atoms with Gasteiger partial charge in [0.25, 0.3) is 0 Å². The zero-order valence-electron chi connectivity index (χ0n) is 27.3. The van der Waals surface area contributed by atoms with Gasteiger partial charge in [-0.05, 0) is 104 Å². The van der Waals surface area contributed by atoms with Gasteiger partial charge in [0.15, 0.2) is 0 Å². The van der Waals surface area contributed by atoms with Crippen molar-refractivity contribution < 1.29 is 1.43 Å². The summed E-state index contributed by atoms with van der Waals surface area (Å²) in [5.41, 5.74) is 8.89. The van der Waals surface area contributed by atoms with E-state index in [2.05, 4.69) is 98.9 Å². The summed E-state index contributed by atoms with van der Waals surface area (Å²) in [6.07, 6.45) is 19.4. The highest BCUT2D eigenvalue weighted by Crippen LogP contribution is 2.42. The van der Waals surface area contributed by atoms with Crippen LogP contribution in [0.1, 0.15) is 132 Å². The molecule has 3 rings (SSSR count). The summed E-state index contributed by atoms with van der Waals surface area (Å²) in [5, 5.41) is 0. The van der Waals surface area contributed by atoms with Crippen LogP contribution in [0.15, 0.2) is 66.3 Å². The monoisotopic (exact) mass is 523 g/mol. The molecule has 1 saturated carbocycles. The lowest BCUT2D eigenvalue weighted by Gasteiger charge is -2.35. The second-order valence-corrected chi connectivity index (χ2v) is 11.9. The van der Waals surface area contributed by atoms with Gasteiger partial charge < -0.3 is 0 Å². The molecule has 0 saturated heterocycles. The molecule has 0 heterocycles. The van der Waals surface area contributed by atoms with Gasteiger partial charge in [0.05, 0.1) is 0 Å². The molecular weight excluding hydrogens is 456 g/mol. The average molecular weight is 523 g/mol. The van der Waals surface area contributed by atoms with Gasteiger partial charge in [-0.15, -0.1) is 6.58 Å². The SMILES string of the molecule is C=CCCCc1ccc(CC2C(C(=C)C3CCCCC3)=CC=C(C)C2C)c(C)c1.CC.CC(C)C.CCC.[HH]. The zero-order valence-corrected chi connectivity index (χ0v) is 27.3. The zero-order chi connectivity index (χ0) is 29.1. The Hall–Kier alpha value is -1.82. The van der Waals surface area contributed by atoms with Crippen molar-refractivity contribution in [2.24, 2.45) is 23.7 Å². The van der Waals surface area contributed by atoms with Crippen LogP contribution in [0.5, 0.6) is 0 Å². The summed E-state index contributed by atoms with van der Waals surface area (Å²) in [6.45, 7) is 30.2. The Morgan fingerprint density at radius 1 is 1.03 bits per heavy atom. The fourth-order valence-corrected chi connectivity index (χ4v) is 5.23. The van der Waals surface area contributed by atoms with E-state index in [1.54, 1.807) is 0 Å². The van der Waals surface area contributed by atoms with E-state index in [0.717, 1.165) is 25.2 Å². The number of hydrogen-bond acceptors (Lipinski definition) is 0. The summed E-state index contributed by atoms with van der Waals surface area (Å²) >= 11 is 0. The van der Waals surface area contributed by atoms with E-state index in [9.17, 15) is 0 Å². The third kappa shape index (κ3) is 13.3. The second-order valence-electron chi connectivity index (χ2n) is 11.9. The molecule has 218 valence electrons. The fourth-order valence-electron chi connectivity index (χ4n) is 5.23. The largest absolute Gasteiger partial charge is 0.103 e. The third-order valence-electron chi connectivity index (χ3n) is 7.44. The van der Waals surface area contributed by atoms with Crippen LogP contribution in [0.3, 0.4) is 0 Å². The van der Waals surface area contributed by atoms with Crippen LogP contribution in [0.25, 0.3) is 0 Å². The number of benzene rings is 1. The summed E-state index contributed by atoms with van der Waals surface area (Å²) < 4.78 is 0. The van der Waals surface area contributed by atoms with Crippen molar-refractivity contribution in [3.05, 3.63) is 83.0 Å². The topological polar surface area (TPSA) is 0 Å². The first-order valence-electron chi connectivity index (χ1n) is 15.9. The first-order valence-corrected chi connectivity index (χ1v) is 15.9. The molecular formula is C38H66. The maximum atomic E-state index is 4.63. The van der Waals surface area contributed by atoms with Crippen molar-refractivity contribution >= 4 is 0 Å². The molecule has 0 spiro atoms. The maximum absolute atomic E-state index is 4.63. The minimum Gasteiger partial charge on any atom is -0.103 e. The van der Waals surface area contributed by atoms with Crippen LogP contribution in [-0.2, 0) is 12.8 Å². The van der Waals surface area contributed by atoms with Gasteiger partial charge in [0.2, 0.25) is 0 Å². The van der Waals surface area contributed by atoms with E-state index >= 15 is 0 Å². The van der Waals surface area contributed by atoms with Crippen LogP contribution in [0.4, 0.5) is 0 Å². The lowest BCUT2D eigenvalue weighted by atomic mass is 9.69. The Balaban J connectivity index is 0. The van der Waals surface area contributed by atoms with Gasteiger partial charge in [0, 0.05) is 1.43 Å². The molecule has 0 nitrogen and oxygen atoms in total. The van der Waals surface area contributed by atoms with Crippen molar-refractivity contribution in [3.8, 4) is 0 Å². The van der Waals surface area contributed by atoms with Crippen LogP contribution >= 0.6 is 0 Å². The molecule has 0 N–H and O–H groups in total. The summed E-state index contributed by atoms with van der Waals surface area (Å²) in [6, 6.07) is 7.15. The first kappa shape index (κ1) is 36.2. The standard InChI is InChI=1S/C29H40.C4H10.C3H8.C2H6.H2/c1-6-7-9-12-25-16-17-27(22(3)19-25)20-29-23(4)21(2)15-18-28(29)24(5)26-13-10-8-11-14-26;1-4(2)3;1-3-2;1-2;/h6,15-19,23,26,29H,1,5,7-14,20H2,2-4H3;4H,1-3H3;3H2,1-2H3;1-2H3;1H. The maximum Gasteiger partial charge on any atom is 0 e. The Kier molecular flexibility index (Phi) is 20.0. The fraction of sp³-hybridized carbons (Fsp3) is 0.632. The molecule has 0 bridgehead atoms. The summed E-state index contributed by atoms with van der Waals surface area (Å²) in [5.74, 6) is 2.67. The van der Waals surface area contributed by atoms with Crippen molar-refractivity contribution in [1.82, 2.24) is 0 Å². The molecule has 0 heteroatoms. The molecule has 0 aliphatic heterocycles. The molecule has 2 atom stereocenters. The molecule has 1 aromatic rings. The molecule has 2 aliphatic carbocycles. The second kappa shape index (κ2) is 21.1. The summed E-state index contributed by atoms with van der Waals surface area (Å²) in [7, 11) is 0. The van der Waals surface area contributed by atoms with E-state index in [1.165, 1.54) is 78.4 Å². The number of unbranched alkanes of at least 4 members (excludes halogenated alkanes) is 1. The molecule has 1 fully saturated rings. The van der Waals surface area contributed by atoms with Crippen molar-refractivity contribution in [3.63, 3.8) is 0 Å². The van der Waals surface area contributed by atoms with Crippen molar-refractivity contribution in [1.29, 1.82) is 0 Å². The van der Waals surface area contributed by atoms with E-state index < -0.39 is 0 Å². The van der Waals surface area contributed by atoms with E-state index in [0.29, 0.717) is 17.8 Å². The van der Waals surface area contributed by atoms with Gasteiger partial charge in [-0.2, -0.15) is 0 Å². The summed E-state index contributed by atoms with van der Waals surface area (Å²) in [4.78, 5) is 0. The van der Waals surface area contributed by atoms with Crippen LogP contribution in [-0.4, -0.2) is 0 Å². The molecule has 0 amide bonds. The van der Waals surface area contributed by atoms with Crippen molar-refractivity contribution in [2.75, 3.05) is 0 Å². The molecule has 2 aliphatic rings. The first-order chi connectivity index (χ1) is 18.2. The van der Waals surface area contributed by atoms with E-state index in [4.69, 9.17) is 0 Å². The van der Waals surface area contributed by atoms with Crippen molar-refractivity contribution in [2.45, 2.75) is 133 Å². The minimum absolute atomic E-state index is 0. The Morgan fingerprint density at radius 3 is 2.13 bits per heavy atom. The number of hydrogen-bond donors (Lipinski definition) is 0. The Morgan fingerprint density at radius 2 is 1.61 bits per heavy atom. The van der Waals surface area contributed by atoms with Gasteiger partial charge >= 0.3 is 0 Å². The molecule has 0 radical (unpaired) electrons. The van der Waals surface area contributed by atoms with Gasteiger partial charge in [-0.1, -0.05) is 130 Å². The highest BCUT2D eigenvalue weighted by molar-refractivity contribution is 5.43. The molecule has 2 unspecified atom stereocenters. The molecule has 1 aromatic carbocycles. The van der Waals surface area contributed by atoms with E-state index in [-0.39, 0.29) is 1.43 Å². The average Bonchev–Trinajstić information content (AvgIpc) is 2.90. The normalized spacial score (nSPS) is 18.9. The minimum atomic E-state index is 0. The Labute approximate surface area is 241 Å². The van der Waals surface area contributed by atoms with Gasteiger partial charge in [-0.3, -0.25) is 0 Å². The Bertz CT molecular complexity index is 845. The number of aryl methyl sites for hydroxylation is 2. The number of rotatable bonds is 8. The van der Waals surface area contributed by atoms with Crippen LogP contribution < -0.4 is 0 Å². The van der Waals surface area contributed by atoms with Gasteiger partial charge in [0.1, 0.15) is 0 Å². The lowest BCUT2D eigenvalue weighted by molar-refractivity contribution is 0.388. The van der Waals surface area contributed by atoms with E-state index in [1.807, 2.05) is 19.9 Å². The third-order valence-corrected chi connectivity index (χ3v) is 7.44. The quantitative estimate of drug-likeness (QED) is 0.235. The smallest absolute Gasteiger partial charge is 0 e. The predicted molar refractivity (Wildman–Crippen MR) is 178 cm³/mol. The van der Waals surface area contributed by atoms with Crippen LogP contribution in [0.2, 0.25) is 0 Å². The van der Waals surface area contributed by atoms with Crippen LogP contribution in [0, 0.1) is 30.6 Å². The molecule has 38 heavy (non-hydrogen) atoms. The molecule has 0 aromatic heterocycles. The van der Waals surface area contributed by atoms with Gasteiger partial charge in [-0.25, -0.2) is 0 Å². The number of allylic oxidation sites excluding steroid dienone is 6. The predicted octanol–water partition coefficient (Wildman–Crippen LogP) is 12.7. The highest BCUT2D eigenvalue weighted by atomic mass is 14.3.